The van der Waals surface area contributed by atoms with E-state index in [1.165, 1.54) is 5.56 Å². The number of aromatic nitrogens is 6. The fourth-order valence-electron chi connectivity index (χ4n) is 4.29. The molecule has 0 unspecified atom stereocenters. The lowest BCUT2D eigenvalue weighted by Gasteiger charge is -2.34. The molecule has 1 aliphatic rings. The second-order valence-corrected chi connectivity index (χ2v) is 8.84. The van der Waals surface area contributed by atoms with Crippen LogP contribution in [-0.2, 0) is 17.8 Å². The van der Waals surface area contributed by atoms with E-state index in [2.05, 4.69) is 44.7 Å². The first-order valence-electron chi connectivity index (χ1n) is 11.2. The van der Waals surface area contributed by atoms with Crippen molar-refractivity contribution in [1.29, 1.82) is 0 Å². The van der Waals surface area contributed by atoms with Crippen LogP contribution in [0.5, 0.6) is 0 Å². The van der Waals surface area contributed by atoms with Gasteiger partial charge in [-0.15, -0.1) is 0 Å². The minimum atomic E-state index is 0.0334. The first-order chi connectivity index (χ1) is 16.0. The van der Waals surface area contributed by atoms with Gasteiger partial charge in [0.1, 0.15) is 0 Å². The number of carbonyl (C=O) groups excluding carboxylic acids is 1. The molecule has 0 saturated heterocycles. The van der Waals surface area contributed by atoms with Crippen LogP contribution in [0.4, 0.5) is 0 Å². The Morgan fingerprint density at radius 2 is 2.06 bits per heavy atom. The Kier molecular flexibility index (Phi) is 5.73. The normalized spacial score (nSPS) is 17.5. The second kappa shape index (κ2) is 8.97. The van der Waals surface area contributed by atoms with Gasteiger partial charge in [-0.05, 0) is 68.1 Å². The number of hydrogen-bond donors (Lipinski definition) is 2. The third-order valence-electron chi connectivity index (χ3n) is 6.11. The van der Waals surface area contributed by atoms with E-state index in [9.17, 15) is 4.79 Å². The third kappa shape index (κ3) is 4.84. The lowest BCUT2D eigenvalue weighted by molar-refractivity contribution is -0.128. The predicted molar refractivity (Wildman–Crippen MR) is 124 cm³/mol. The highest BCUT2D eigenvalue weighted by Crippen LogP contribution is 2.41. The SMILES string of the molecule is Cc1cc(Cc2cc(C)[nH]n2)nc(C2CC(C(=O)NCc3ccc(-n4cccn4)nc3)C2)c1. The molecule has 33 heavy (non-hydrogen) atoms. The van der Waals surface area contributed by atoms with Gasteiger partial charge in [0.05, 0.1) is 5.69 Å². The fraction of sp³-hybridized carbons (Fsp3) is 0.320. The van der Waals surface area contributed by atoms with Crippen LogP contribution in [-0.4, -0.2) is 35.9 Å². The second-order valence-electron chi connectivity index (χ2n) is 8.84. The van der Waals surface area contributed by atoms with E-state index < -0.39 is 0 Å². The summed E-state index contributed by atoms with van der Waals surface area (Å²) in [5.74, 6) is 1.22. The van der Waals surface area contributed by atoms with Crippen LogP contribution in [0.25, 0.3) is 5.82 Å². The summed E-state index contributed by atoms with van der Waals surface area (Å²) in [7, 11) is 0. The van der Waals surface area contributed by atoms with Gasteiger partial charge in [-0.25, -0.2) is 9.67 Å². The van der Waals surface area contributed by atoms with Crippen LogP contribution >= 0.6 is 0 Å². The van der Waals surface area contributed by atoms with Gasteiger partial charge in [0.25, 0.3) is 0 Å². The number of amides is 1. The summed E-state index contributed by atoms with van der Waals surface area (Å²) in [5, 5.41) is 14.5. The molecule has 0 atom stereocenters. The molecule has 0 spiro atoms. The van der Waals surface area contributed by atoms with Crippen LogP contribution < -0.4 is 5.32 Å². The molecule has 1 amide bonds. The van der Waals surface area contributed by atoms with Crippen LogP contribution in [0.1, 0.15) is 52.7 Å². The molecule has 0 aromatic carbocycles. The maximum Gasteiger partial charge on any atom is 0.223 e. The van der Waals surface area contributed by atoms with E-state index in [0.29, 0.717) is 18.9 Å². The van der Waals surface area contributed by atoms with Crippen molar-refractivity contribution >= 4 is 5.91 Å². The highest BCUT2D eigenvalue weighted by atomic mass is 16.1. The summed E-state index contributed by atoms with van der Waals surface area (Å²) in [6.07, 6.45) is 7.72. The molecule has 8 heteroatoms. The van der Waals surface area contributed by atoms with Gasteiger partial charge in [0.2, 0.25) is 5.91 Å². The van der Waals surface area contributed by atoms with Gasteiger partial charge in [-0.2, -0.15) is 10.2 Å². The van der Waals surface area contributed by atoms with E-state index in [1.807, 2.05) is 37.4 Å². The predicted octanol–water partition coefficient (Wildman–Crippen LogP) is 3.40. The maximum absolute atomic E-state index is 12.6. The van der Waals surface area contributed by atoms with Gasteiger partial charge in [0.15, 0.2) is 5.82 Å². The number of aryl methyl sites for hydroxylation is 2. The highest BCUT2D eigenvalue weighted by molar-refractivity contribution is 5.79. The van der Waals surface area contributed by atoms with Crippen molar-refractivity contribution in [1.82, 2.24) is 35.3 Å². The largest absolute Gasteiger partial charge is 0.352 e. The van der Waals surface area contributed by atoms with Gasteiger partial charge in [-0.1, -0.05) is 6.07 Å². The number of aromatic amines is 1. The molecule has 0 bridgehead atoms. The molecule has 5 rings (SSSR count). The summed E-state index contributed by atoms with van der Waals surface area (Å²) >= 11 is 0. The topological polar surface area (TPSA) is 101 Å². The van der Waals surface area contributed by atoms with Crippen LogP contribution in [0.15, 0.2) is 55.0 Å². The Morgan fingerprint density at radius 3 is 2.76 bits per heavy atom. The lowest BCUT2D eigenvalue weighted by atomic mass is 9.72. The summed E-state index contributed by atoms with van der Waals surface area (Å²) in [6.45, 7) is 4.57. The van der Waals surface area contributed by atoms with Crippen molar-refractivity contribution in [2.45, 2.75) is 45.6 Å². The van der Waals surface area contributed by atoms with Crippen molar-refractivity contribution in [2.75, 3.05) is 0 Å². The van der Waals surface area contributed by atoms with Gasteiger partial charge in [-0.3, -0.25) is 14.9 Å². The van der Waals surface area contributed by atoms with E-state index >= 15 is 0 Å². The molecule has 1 saturated carbocycles. The smallest absolute Gasteiger partial charge is 0.223 e. The van der Waals surface area contributed by atoms with Crippen molar-refractivity contribution in [3.8, 4) is 5.82 Å². The summed E-state index contributed by atoms with van der Waals surface area (Å²) in [4.78, 5) is 21.9. The molecule has 4 aromatic heterocycles. The molecule has 1 aliphatic carbocycles. The lowest BCUT2D eigenvalue weighted by Crippen LogP contribution is -2.37. The Balaban J connectivity index is 1.14. The molecular formula is C25H27N7O. The first kappa shape index (κ1) is 21.1. The molecule has 1 fully saturated rings. The van der Waals surface area contributed by atoms with Crippen molar-refractivity contribution in [2.24, 2.45) is 5.92 Å². The van der Waals surface area contributed by atoms with Crippen LogP contribution in [0.2, 0.25) is 0 Å². The summed E-state index contributed by atoms with van der Waals surface area (Å²) in [6, 6.07) is 12.0. The standard InChI is InChI=1S/C25H27N7O/c1-16-8-21(13-22-10-17(2)30-31-22)29-23(9-16)19-11-20(12-19)25(33)27-15-18-4-5-24(26-14-18)32-7-3-6-28-32/h3-10,14,19-20H,11-13,15H2,1-2H3,(H,27,33)(H,30,31). The van der Waals surface area contributed by atoms with Crippen molar-refractivity contribution in [3.63, 3.8) is 0 Å². The molecule has 168 valence electrons. The minimum absolute atomic E-state index is 0.0334. The van der Waals surface area contributed by atoms with E-state index in [0.717, 1.165) is 47.0 Å². The van der Waals surface area contributed by atoms with E-state index in [4.69, 9.17) is 4.98 Å². The monoisotopic (exact) mass is 441 g/mol. The third-order valence-corrected chi connectivity index (χ3v) is 6.11. The molecule has 8 nitrogen and oxygen atoms in total. The zero-order valence-corrected chi connectivity index (χ0v) is 18.8. The quantitative estimate of drug-likeness (QED) is 0.458. The number of carbonyl (C=O) groups is 1. The van der Waals surface area contributed by atoms with Gasteiger partial charge >= 0.3 is 0 Å². The molecule has 4 heterocycles. The number of rotatable bonds is 7. The molecular weight excluding hydrogens is 414 g/mol. The van der Waals surface area contributed by atoms with Crippen molar-refractivity contribution < 1.29 is 4.79 Å². The minimum Gasteiger partial charge on any atom is -0.352 e. The molecule has 4 aromatic rings. The Hall–Kier alpha value is -3.81. The first-order valence-corrected chi connectivity index (χ1v) is 11.2. The summed E-state index contributed by atoms with van der Waals surface area (Å²) < 4.78 is 1.71. The van der Waals surface area contributed by atoms with Gasteiger partial charge < -0.3 is 5.32 Å². The number of H-pyrrole nitrogens is 1. The Morgan fingerprint density at radius 1 is 1.18 bits per heavy atom. The van der Waals surface area contributed by atoms with Crippen molar-refractivity contribution in [3.05, 3.63) is 88.9 Å². The molecule has 2 N–H and O–H groups in total. The van der Waals surface area contributed by atoms with Crippen LogP contribution in [0.3, 0.4) is 0 Å². The number of nitrogens with one attached hydrogen (secondary N) is 2. The Bertz CT molecular complexity index is 1240. The molecule has 0 radical (unpaired) electrons. The zero-order chi connectivity index (χ0) is 22.8. The average Bonchev–Trinajstić information content (AvgIpc) is 3.43. The van der Waals surface area contributed by atoms with E-state index in [-0.39, 0.29) is 11.8 Å². The maximum atomic E-state index is 12.6. The van der Waals surface area contributed by atoms with Crippen LogP contribution in [0, 0.1) is 19.8 Å². The highest BCUT2D eigenvalue weighted by Gasteiger charge is 2.36. The fourth-order valence-corrected chi connectivity index (χ4v) is 4.29. The van der Waals surface area contributed by atoms with Gasteiger partial charge in [0, 0.05) is 60.5 Å². The molecule has 0 aliphatic heterocycles. The summed E-state index contributed by atoms with van der Waals surface area (Å²) in [5.41, 5.74) is 6.31. The zero-order valence-electron chi connectivity index (χ0n) is 18.8. The number of pyridine rings is 2. The Labute approximate surface area is 192 Å². The number of nitrogens with zero attached hydrogens (tertiary/aromatic N) is 5. The average molecular weight is 442 g/mol. The van der Waals surface area contributed by atoms with E-state index in [1.54, 1.807) is 17.1 Å². The number of hydrogen-bond acceptors (Lipinski definition) is 5.